The van der Waals surface area contributed by atoms with Crippen LogP contribution in [-0.4, -0.2) is 29.8 Å². The molecule has 2 aromatic rings. The van der Waals surface area contributed by atoms with Crippen molar-refractivity contribution >= 4 is 17.3 Å². The molecule has 1 fully saturated rings. The Morgan fingerprint density at radius 3 is 2.88 bits per heavy atom. The first-order valence-electron chi connectivity index (χ1n) is 8.09. The molecule has 0 aliphatic carbocycles. The second-order valence-electron chi connectivity index (χ2n) is 6.26. The highest BCUT2D eigenvalue weighted by Crippen LogP contribution is 2.29. The van der Waals surface area contributed by atoms with E-state index in [1.165, 1.54) is 11.8 Å². The van der Waals surface area contributed by atoms with Gasteiger partial charge in [0.2, 0.25) is 0 Å². The van der Waals surface area contributed by atoms with Crippen LogP contribution in [0.2, 0.25) is 0 Å². The summed E-state index contributed by atoms with van der Waals surface area (Å²) >= 11 is 0. The van der Waals surface area contributed by atoms with Crippen LogP contribution >= 0.6 is 0 Å². The Morgan fingerprint density at radius 2 is 2.20 bits per heavy atom. The number of fused-ring (bicyclic) bond motifs is 1. The number of nitriles is 1. The lowest BCUT2D eigenvalue weighted by molar-refractivity contribution is 0.00218. The van der Waals surface area contributed by atoms with Crippen LogP contribution in [0.15, 0.2) is 35.5 Å². The first kappa shape index (κ1) is 15.5. The average Bonchev–Trinajstić information content (AvgIpc) is 2.96. The Balaban J connectivity index is 1.57. The third-order valence-electron chi connectivity index (χ3n) is 4.51. The number of anilines is 1. The first-order chi connectivity index (χ1) is 12.2. The SMILES string of the molecule is Cc1cc(C#N)cnc1C(=O)Nc1ccc2c(c1)C(C1COC1)=NC2. The number of hydrogen-bond acceptors (Lipinski definition) is 5. The van der Waals surface area contributed by atoms with Crippen molar-refractivity contribution in [3.8, 4) is 6.07 Å². The zero-order valence-corrected chi connectivity index (χ0v) is 13.7. The van der Waals surface area contributed by atoms with Gasteiger partial charge in [-0.15, -0.1) is 0 Å². The summed E-state index contributed by atoms with van der Waals surface area (Å²) in [4.78, 5) is 21.2. The molecule has 25 heavy (non-hydrogen) atoms. The van der Waals surface area contributed by atoms with Crippen LogP contribution in [0.5, 0.6) is 0 Å². The molecular weight excluding hydrogens is 316 g/mol. The Morgan fingerprint density at radius 1 is 1.36 bits per heavy atom. The molecule has 2 aliphatic rings. The van der Waals surface area contributed by atoms with Crippen molar-refractivity contribution in [2.24, 2.45) is 10.9 Å². The lowest BCUT2D eigenvalue weighted by Crippen LogP contribution is -2.34. The van der Waals surface area contributed by atoms with Crippen molar-refractivity contribution in [2.75, 3.05) is 18.5 Å². The van der Waals surface area contributed by atoms with E-state index in [9.17, 15) is 4.79 Å². The molecule has 6 heteroatoms. The molecule has 1 N–H and O–H groups in total. The minimum atomic E-state index is -0.287. The van der Waals surface area contributed by atoms with Gasteiger partial charge in [0.05, 0.1) is 31.0 Å². The Kier molecular flexibility index (Phi) is 3.79. The number of carbonyl (C=O) groups is 1. The Hall–Kier alpha value is -3.04. The maximum Gasteiger partial charge on any atom is 0.274 e. The molecule has 3 heterocycles. The van der Waals surface area contributed by atoms with Gasteiger partial charge in [0, 0.05) is 23.4 Å². The number of nitrogens with one attached hydrogen (secondary N) is 1. The van der Waals surface area contributed by atoms with Crippen LogP contribution in [0, 0.1) is 24.2 Å². The molecule has 1 aromatic heterocycles. The summed E-state index contributed by atoms with van der Waals surface area (Å²) in [6, 6.07) is 9.53. The van der Waals surface area contributed by atoms with Crippen LogP contribution in [0.1, 0.15) is 32.7 Å². The third-order valence-corrected chi connectivity index (χ3v) is 4.51. The highest BCUT2D eigenvalue weighted by Gasteiger charge is 2.29. The molecule has 124 valence electrons. The second-order valence-corrected chi connectivity index (χ2v) is 6.26. The lowest BCUT2D eigenvalue weighted by atomic mass is 9.94. The van der Waals surface area contributed by atoms with E-state index >= 15 is 0 Å². The Labute approximate surface area is 145 Å². The summed E-state index contributed by atoms with van der Waals surface area (Å²) in [5.41, 5.74) is 5.49. The van der Waals surface area contributed by atoms with Gasteiger partial charge in [0.15, 0.2) is 0 Å². The number of rotatable bonds is 3. The van der Waals surface area contributed by atoms with Gasteiger partial charge in [0.1, 0.15) is 11.8 Å². The molecule has 0 atom stereocenters. The molecule has 1 amide bonds. The molecule has 0 radical (unpaired) electrons. The molecular formula is C19H16N4O2. The van der Waals surface area contributed by atoms with Crippen molar-refractivity contribution < 1.29 is 9.53 Å². The predicted octanol–water partition coefficient (Wildman–Crippen LogP) is 2.46. The summed E-state index contributed by atoms with van der Waals surface area (Å²) in [5.74, 6) is 0.0695. The lowest BCUT2D eigenvalue weighted by Gasteiger charge is -2.26. The minimum Gasteiger partial charge on any atom is -0.380 e. The van der Waals surface area contributed by atoms with Gasteiger partial charge in [0.25, 0.3) is 5.91 Å². The summed E-state index contributed by atoms with van der Waals surface area (Å²) in [6.45, 7) is 3.88. The topological polar surface area (TPSA) is 87.4 Å². The van der Waals surface area contributed by atoms with E-state index in [0.717, 1.165) is 11.3 Å². The van der Waals surface area contributed by atoms with E-state index in [1.807, 2.05) is 24.3 Å². The number of pyridine rings is 1. The van der Waals surface area contributed by atoms with Gasteiger partial charge in [-0.2, -0.15) is 5.26 Å². The number of aryl methyl sites for hydroxylation is 1. The van der Waals surface area contributed by atoms with Gasteiger partial charge in [-0.1, -0.05) is 6.07 Å². The number of aromatic nitrogens is 1. The van der Waals surface area contributed by atoms with Gasteiger partial charge in [-0.25, -0.2) is 4.98 Å². The molecule has 1 saturated heterocycles. The maximum atomic E-state index is 12.5. The van der Waals surface area contributed by atoms with Crippen molar-refractivity contribution in [3.05, 3.63) is 58.4 Å². The largest absolute Gasteiger partial charge is 0.380 e. The average molecular weight is 332 g/mol. The number of amides is 1. The molecule has 0 bridgehead atoms. The zero-order valence-electron chi connectivity index (χ0n) is 13.7. The molecule has 6 nitrogen and oxygen atoms in total. The van der Waals surface area contributed by atoms with E-state index < -0.39 is 0 Å². The van der Waals surface area contributed by atoms with Crippen molar-refractivity contribution in [3.63, 3.8) is 0 Å². The van der Waals surface area contributed by atoms with Crippen LogP contribution in [0.3, 0.4) is 0 Å². The van der Waals surface area contributed by atoms with Crippen LogP contribution in [0.25, 0.3) is 0 Å². The molecule has 1 aromatic carbocycles. The normalized spacial score (nSPS) is 15.8. The van der Waals surface area contributed by atoms with Gasteiger partial charge >= 0.3 is 0 Å². The predicted molar refractivity (Wildman–Crippen MR) is 92.6 cm³/mol. The molecule has 0 unspecified atom stereocenters. The smallest absolute Gasteiger partial charge is 0.274 e. The summed E-state index contributed by atoms with van der Waals surface area (Å²) < 4.78 is 5.27. The number of ether oxygens (including phenoxy) is 1. The summed E-state index contributed by atoms with van der Waals surface area (Å²) in [6.07, 6.45) is 1.41. The van der Waals surface area contributed by atoms with E-state index in [1.54, 1.807) is 13.0 Å². The third kappa shape index (κ3) is 2.79. The van der Waals surface area contributed by atoms with Crippen molar-refractivity contribution in [1.82, 2.24) is 4.98 Å². The van der Waals surface area contributed by atoms with Crippen molar-refractivity contribution in [1.29, 1.82) is 5.26 Å². The second kappa shape index (κ2) is 6.11. The van der Waals surface area contributed by atoms with Gasteiger partial charge < -0.3 is 10.1 Å². The van der Waals surface area contributed by atoms with E-state index in [4.69, 9.17) is 10.00 Å². The maximum absolute atomic E-state index is 12.5. The minimum absolute atomic E-state index is 0.287. The number of aliphatic imine (C=N–C) groups is 1. The fourth-order valence-corrected chi connectivity index (χ4v) is 3.09. The molecule has 0 spiro atoms. The van der Waals surface area contributed by atoms with Gasteiger partial charge in [-0.3, -0.25) is 9.79 Å². The highest BCUT2D eigenvalue weighted by atomic mass is 16.5. The quantitative estimate of drug-likeness (QED) is 0.935. The molecule has 4 rings (SSSR count). The number of hydrogen-bond donors (Lipinski definition) is 1. The van der Waals surface area contributed by atoms with Gasteiger partial charge in [-0.05, 0) is 36.2 Å². The fourth-order valence-electron chi connectivity index (χ4n) is 3.09. The van der Waals surface area contributed by atoms with E-state index in [0.29, 0.717) is 48.2 Å². The Bertz CT molecular complexity index is 939. The molecule has 0 saturated carbocycles. The highest BCUT2D eigenvalue weighted by molar-refractivity contribution is 6.08. The van der Waals surface area contributed by atoms with Crippen LogP contribution < -0.4 is 5.32 Å². The van der Waals surface area contributed by atoms with Crippen LogP contribution in [0.4, 0.5) is 5.69 Å². The standard InChI is InChI=1S/C19H16N4O2/c1-11-4-12(6-20)7-21-17(11)19(24)23-15-3-2-13-8-22-18(16(13)5-15)14-9-25-10-14/h2-5,7,14H,8-10H2,1H3,(H,23,24). The first-order valence-corrected chi connectivity index (χ1v) is 8.09. The van der Waals surface area contributed by atoms with Crippen LogP contribution in [-0.2, 0) is 11.3 Å². The number of carbonyl (C=O) groups excluding carboxylic acids is 1. The number of benzene rings is 1. The summed E-state index contributed by atoms with van der Waals surface area (Å²) in [5, 5.41) is 11.8. The zero-order chi connectivity index (χ0) is 17.4. The summed E-state index contributed by atoms with van der Waals surface area (Å²) in [7, 11) is 0. The fraction of sp³-hybridized carbons (Fsp3) is 0.263. The van der Waals surface area contributed by atoms with E-state index in [2.05, 4.69) is 15.3 Å². The van der Waals surface area contributed by atoms with E-state index in [-0.39, 0.29) is 5.91 Å². The monoisotopic (exact) mass is 332 g/mol. The number of nitrogens with zero attached hydrogens (tertiary/aromatic N) is 3. The van der Waals surface area contributed by atoms with Crippen molar-refractivity contribution in [2.45, 2.75) is 13.5 Å². The molecule has 2 aliphatic heterocycles.